The maximum atomic E-state index is 13.7. The van der Waals surface area contributed by atoms with E-state index in [4.69, 9.17) is 0 Å². The first-order valence-corrected chi connectivity index (χ1v) is 12.9. The minimum Gasteiger partial charge on any atom is -0.393 e. The van der Waals surface area contributed by atoms with Gasteiger partial charge in [-0.05, 0) is 80.3 Å². The Morgan fingerprint density at radius 2 is 1.75 bits per heavy atom. The molecular weight excluding hydrogens is 521 g/mol. The molecule has 1 aliphatic heterocycles. The first-order valence-electron chi connectivity index (χ1n) is 12.9. The summed E-state index contributed by atoms with van der Waals surface area (Å²) in [6, 6.07) is 11.9. The van der Waals surface area contributed by atoms with Gasteiger partial charge in [0.15, 0.2) is 0 Å². The van der Waals surface area contributed by atoms with Gasteiger partial charge in [-0.2, -0.15) is 13.2 Å². The van der Waals surface area contributed by atoms with Crippen LogP contribution in [0.25, 0.3) is 22.0 Å². The van der Waals surface area contributed by atoms with Crippen LogP contribution in [0, 0.1) is 13.8 Å². The number of hydrogen-bond donors (Lipinski definition) is 2. The number of carbonyl (C=O) groups excluding carboxylic acids is 1. The lowest BCUT2D eigenvalue weighted by Gasteiger charge is -2.32. The summed E-state index contributed by atoms with van der Waals surface area (Å²) in [5.74, 6) is -0.703. The van der Waals surface area contributed by atoms with Crippen LogP contribution in [0.2, 0.25) is 0 Å². The number of nitrogens with zero attached hydrogens (tertiary/aromatic N) is 3. The molecule has 2 N–H and O–H groups in total. The number of aryl methyl sites for hydroxylation is 3. The highest BCUT2D eigenvalue weighted by Gasteiger charge is 2.33. The molecule has 10 heteroatoms. The van der Waals surface area contributed by atoms with Gasteiger partial charge in [-0.25, -0.2) is 0 Å². The number of nitrogens with one attached hydrogen (secondary N) is 1. The smallest absolute Gasteiger partial charge is 0.393 e. The Hall–Kier alpha value is -4.18. The molecule has 7 nitrogen and oxygen atoms in total. The summed E-state index contributed by atoms with van der Waals surface area (Å²) in [5.41, 5.74) is 2.67. The van der Waals surface area contributed by atoms with Crippen molar-refractivity contribution in [1.29, 1.82) is 0 Å². The lowest BCUT2D eigenvalue weighted by molar-refractivity contribution is -0.137. The fourth-order valence-electron chi connectivity index (χ4n) is 5.06. The van der Waals surface area contributed by atoms with Gasteiger partial charge in [0, 0.05) is 59.9 Å². The molecule has 40 heavy (non-hydrogen) atoms. The number of pyridine rings is 2. The van der Waals surface area contributed by atoms with E-state index in [0.29, 0.717) is 42.7 Å². The molecule has 4 aromatic rings. The van der Waals surface area contributed by atoms with Crippen molar-refractivity contribution in [2.45, 2.75) is 39.0 Å². The summed E-state index contributed by atoms with van der Waals surface area (Å²) in [5, 5.41) is 13.3. The molecule has 1 saturated heterocycles. The quantitative estimate of drug-likeness (QED) is 0.353. The number of alkyl halides is 3. The second-order valence-corrected chi connectivity index (χ2v) is 10.3. The molecule has 1 aliphatic rings. The average Bonchev–Trinajstić information content (AvgIpc) is 2.92. The number of anilines is 2. The molecule has 0 saturated carbocycles. The second kappa shape index (κ2) is 10.4. The SMILES string of the molecule is Cc1cc2c(cn1)cc(-c1cc(NC(=O)c3cc(N4CCC(O)CC4)cc(C(F)(F)F)c3)ccc1C)c(=O)n2C. The third-order valence-corrected chi connectivity index (χ3v) is 7.37. The molecule has 0 atom stereocenters. The summed E-state index contributed by atoms with van der Waals surface area (Å²) in [6.45, 7) is 4.46. The van der Waals surface area contributed by atoms with Gasteiger partial charge in [0.1, 0.15) is 0 Å². The van der Waals surface area contributed by atoms with Crippen molar-refractivity contribution in [3.63, 3.8) is 0 Å². The summed E-state index contributed by atoms with van der Waals surface area (Å²) in [6.07, 6.45) is -2.55. The van der Waals surface area contributed by atoms with Crippen LogP contribution in [0.15, 0.2) is 59.5 Å². The standard InChI is InChI=1S/C30H29F3N4O3/c1-17-4-5-22(15-25(17)26-13-20-16-34-18(2)10-27(20)36(3)29(26)40)35-28(39)19-11-21(30(31,32)33)14-23(12-19)37-8-6-24(38)7-9-37/h4-5,10-16,24,38H,6-9H2,1-3H3,(H,35,39). The van der Waals surface area contributed by atoms with E-state index in [1.54, 1.807) is 47.0 Å². The molecule has 2 aromatic carbocycles. The van der Waals surface area contributed by atoms with Crippen LogP contribution in [-0.2, 0) is 13.2 Å². The summed E-state index contributed by atoms with van der Waals surface area (Å²) < 4.78 is 42.7. The minimum absolute atomic E-state index is 0.138. The molecule has 208 valence electrons. The third kappa shape index (κ3) is 5.44. The predicted molar refractivity (Wildman–Crippen MR) is 149 cm³/mol. The molecule has 1 fully saturated rings. The van der Waals surface area contributed by atoms with Crippen molar-refractivity contribution in [3.05, 3.63) is 87.5 Å². The number of carbonyl (C=O) groups is 1. The van der Waals surface area contributed by atoms with Crippen LogP contribution >= 0.6 is 0 Å². The van der Waals surface area contributed by atoms with Crippen molar-refractivity contribution in [3.8, 4) is 11.1 Å². The van der Waals surface area contributed by atoms with Gasteiger partial charge >= 0.3 is 6.18 Å². The molecular formula is C30H29F3N4O3. The van der Waals surface area contributed by atoms with Gasteiger partial charge < -0.3 is 19.9 Å². The summed E-state index contributed by atoms with van der Waals surface area (Å²) in [7, 11) is 1.68. The van der Waals surface area contributed by atoms with Crippen molar-refractivity contribution in [1.82, 2.24) is 9.55 Å². The second-order valence-electron chi connectivity index (χ2n) is 10.3. The number of aliphatic hydroxyl groups is 1. The van der Waals surface area contributed by atoms with Gasteiger partial charge in [0.25, 0.3) is 11.5 Å². The first kappa shape index (κ1) is 27.4. The van der Waals surface area contributed by atoms with Crippen LogP contribution in [0.4, 0.5) is 24.5 Å². The number of hydrogen-bond acceptors (Lipinski definition) is 5. The summed E-state index contributed by atoms with van der Waals surface area (Å²) >= 11 is 0. The van der Waals surface area contributed by atoms with Gasteiger partial charge in [-0.3, -0.25) is 14.6 Å². The van der Waals surface area contributed by atoms with Gasteiger partial charge in [0.2, 0.25) is 0 Å². The number of benzene rings is 2. The number of aliphatic hydroxyl groups excluding tert-OH is 1. The largest absolute Gasteiger partial charge is 0.416 e. The van der Waals surface area contributed by atoms with E-state index in [1.165, 1.54) is 6.07 Å². The molecule has 0 radical (unpaired) electrons. The molecule has 3 heterocycles. The molecule has 1 amide bonds. The Morgan fingerprint density at radius 1 is 1.02 bits per heavy atom. The number of aromatic nitrogens is 2. The van der Waals surface area contributed by atoms with Crippen molar-refractivity contribution < 1.29 is 23.1 Å². The Kier molecular flexibility index (Phi) is 7.14. The molecule has 0 unspecified atom stereocenters. The number of amides is 1. The van der Waals surface area contributed by atoms with E-state index >= 15 is 0 Å². The predicted octanol–water partition coefficient (Wildman–Crippen LogP) is 5.45. The average molecular weight is 551 g/mol. The number of piperidine rings is 1. The first-order chi connectivity index (χ1) is 18.9. The van der Waals surface area contributed by atoms with Crippen LogP contribution in [0.1, 0.15) is 40.0 Å². The maximum absolute atomic E-state index is 13.7. The number of halogens is 3. The molecule has 0 spiro atoms. The zero-order valence-electron chi connectivity index (χ0n) is 22.3. The van der Waals surface area contributed by atoms with E-state index in [-0.39, 0.29) is 16.8 Å². The highest BCUT2D eigenvalue weighted by molar-refractivity contribution is 6.05. The fourth-order valence-corrected chi connectivity index (χ4v) is 5.06. The number of rotatable bonds is 4. The van der Waals surface area contributed by atoms with Gasteiger partial charge in [-0.15, -0.1) is 0 Å². The molecule has 0 bridgehead atoms. The zero-order valence-corrected chi connectivity index (χ0v) is 22.3. The molecule has 5 rings (SSSR count). The van der Waals surface area contributed by atoms with E-state index in [1.807, 2.05) is 19.9 Å². The number of fused-ring (bicyclic) bond motifs is 1. The fraction of sp³-hybridized carbons (Fsp3) is 0.300. The van der Waals surface area contributed by atoms with Gasteiger partial charge in [-0.1, -0.05) is 6.07 Å². The van der Waals surface area contributed by atoms with Crippen LogP contribution in [-0.4, -0.2) is 39.8 Å². The zero-order chi connectivity index (χ0) is 28.8. The van der Waals surface area contributed by atoms with Crippen molar-refractivity contribution in [2.24, 2.45) is 7.05 Å². The van der Waals surface area contributed by atoms with Crippen LogP contribution < -0.4 is 15.8 Å². The van der Waals surface area contributed by atoms with Crippen LogP contribution in [0.5, 0.6) is 0 Å². The highest BCUT2D eigenvalue weighted by Crippen LogP contribution is 2.34. The Morgan fingerprint density at radius 3 is 2.45 bits per heavy atom. The van der Waals surface area contributed by atoms with Gasteiger partial charge in [0.05, 0.1) is 17.2 Å². The van der Waals surface area contributed by atoms with Crippen LogP contribution in [0.3, 0.4) is 0 Å². The molecule has 2 aromatic heterocycles. The lowest BCUT2D eigenvalue weighted by Crippen LogP contribution is -2.36. The van der Waals surface area contributed by atoms with E-state index in [0.717, 1.165) is 34.3 Å². The topological polar surface area (TPSA) is 87.5 Å². The van der Waals surface area contributed by atoms with E-state index < -0.39 is 23.8 Å². The Balaban J connectivity index is 1.50. The van der Waals surface area contributed by atoms with Crippen molar-refractivity contribution in [2.75, 3.05) is 23.3 Å². The molecule has 0 aliphatic carbocycles. The van der Waals surface area contributed by atoms with E-state index in [9.17, 15) is 27.9 Å². The highest BCUT2D eigenvalue weighted by atomic mass is 19.4. The summed E-state index contributed by atoms with van der Waals surface area (Å²) in [4.78, 5) is 32.6. The minimum atomic E-state index is -4.64. The Labute approximate surface area is 228 Å². The Bertz CT molecular complexity index is 1670. The van der Waals surface area contributed by atoms with Crippen molar-refractivity contribution >= 4 is 28.2 Å². The normalized spacial score (nSPS) is 14.5. The van der Waals surface area contributed by atoms with E-state index in [2.05, 4.69) is 10.3 Å². The monoisotopic (exact) mass is 550 g/mol. The maximum Gasteiger partial charge on any atom is 0.416 e. The third-order valence-electron chi connectivity index (χ3n) is 7.37. The lowest BCUT2D eigenvalue weighted by atomic mass is 9.99.